The summed E-state index contributed by atoms with van der Waals surface area (Å²) in [6.45, 7) is 5.18. The molecule has 1 aliphatic carbocycles. The van der Waals surface area contributed by atoms with Crippen LogP contribution in [0.2, 0.25) is 0 Å². The van der Waals surface area contributed by atoms with Crippen LogP contribution in [-0.4, -0.2) is 22.5 Å². The van der Waals surface area contributed by atoms with Crippen molar-refractivity contribution in [2.75, 3.05) is 6.54 Å². The van der Waals surface area contributed by atoms with E-state index in [9.17, 15) is 14.7 Å². The van der Waals surface area contributed by atoms with Crippen molar-refractivity contribution in [3.63, 3.8) is 0 Å². The zero-order valence-electron chi connectivity index (χ0n) is 14.9. The molecule has 3 rings (SSSR count). The number of furan rings is 1. The summed E-state index contributed by atoms with van der Waals surface area (Å²) in [7, 11) is 0. The number of H-pyrrole nitrogens is 1. The van der Waals surface area contributed by atoms with Crippen molar-refractivity contribution >= 4 is 5.91 Å². The van der Waals surface area contributed by atoms with Gasteiger partial charge in [0.2, 0.25) is 0 Å². The highest BCUT2D eigenvalue weighted by atomic mass is 16.3. The fourth-order valence-electron chi connectivity index (χ4n) is 3.45. The molecule has 0 fully saturated rings. The second-order valence-electron chi connectivity index (χ2n) is 7.01. The Morgan fingerprint density at radius 3 is 2.72 bits per heavy atom. The summed E-state index contributed by atoms with van der Waals surface area (Å²) in [5, 5.41) is 13.3. The number of hydrogen-bond acceptors (Lipinski definition) is 4. The van der Waals surface area contributed by atoms with Gasteiger partial charge < -0.3 is 19.8 Å². The number of hydrogen-bond donors (Lipinski definition) is 3. The monoisotopic (exact) mass is 344 g/mol. The molecule has 0 saturated heterocycles. The summed E-state index contributed by atoms with van der Waals surface area (Å²) in [4.78, 5) is 27.5. The lowest BCUT2D eigenvalue weighted by Gasteiger charge is -2.23. The molecule has 2 heterocycles. The van der Waals surface area contributed by atoms with Crippen molar-refractivity contribution in [1.29, 1.82) is 0 Å². The topological polar surface area (TPSA) is 95.3 Å². The molecular formula is C19H24N2O4. The molecular weight excluding hydrogens is 320 g/mol. The first-order valence-corrected chi connectivity index (χ1v) is 8.61. The average molecular weight is 344 g/mol. The molecule has 0 saturated carbocycles. The number of amides is 1. The van der Waals surface area contributed by atoms with Crippen LogP contribution < -0.4 is 10.9 Å². The van der Waals surface area contributed by atoms with Gasteiger partial charge in [-0.3, -0.25) is 9.59 Å². The van der Waals surface area contributed by atoms with Gasteiger partial charge in [0.15, 0.2) is 0 Å². The van der Waals surface area contributed by atoms with Crippen LogP contribution in [0, 0.1) is 13.8 Å². The summed E-state index contributed by atoms with van der Waals surface area (Å²) in [5.74, 6) is 0.835. The Labute approximate surface area is 146 Å². The van der Waals surface area contributed by atoms with Gasteiger partial charge in [0.05, 0.1) is 6.54 Å². The van der Waals surface area contributed by atoms with E-state index < -0.39 is 11.5 Å². The molecule has 3 N–H and O–H groups in total. The van der Waals surface area contributed by atoms with E-state index in [4.69, 9.17) is 4.42 Å². The molecule has 2 aromatic heterocycles. The van der Waals surface area contributed by atoms with Crippen molar-refractivity contribution < 1.29 is 14.3 Å². The van der Waals surface area contributed by atoms with Crippen LogP contribution in [0.5, 0.6) is 0 Å². The Morgan fingerprint density at radius 2 is 2.04 bits per heavy atom. The zero-order valence-corrected chi connectivity index (χ0v) is 14.9. The maximum Gasteiger partial charge on any atom is 0.261 e. The Kier molecular flexibility index (Phi) is 4.56. The fraction of sp³-hybridized carbons (Fsp3) is 0.474. The van der Waals surface area contributed by atoms with Crippen LogP contribution in [0.3, 0.4) is 0 Å². The minimum atomic E-state index is -1.28. The first-order valence-electron chi connectivity index (χ1n) is 8.61. The molecule has 0 bridgehead atoms. The summed E-state index contributed by atoms with van der Waals surface area (Å²) in [6, 6.07) is 3.44. The third kappa shape index (κ3) is 3.54. The van der Waals surface area contributed by atoms with Crippen molar-refractivity contribution in [2.45, 2.75) is 52.1 Å². The van der Waals surface area contributed by atoms with Gasteiger partial charge in [0.25, 0.3) is 11.5 Å². The Bertz CT molecular complexity index is 861. The van der Waals surface area contributed by atoms with Gasteiger partial charge in [-0.15, -0.1) is 0 Å². The smallest absolute Gasteiger partial charge is 0.261 e. The van der Waals surface area contributed by atoms with Crippen LogP contribution >= 0.6 is 0 Å². The number of aromatic nitrogens is 1. The van der Waals surface area contributed by atoms with E-state index in [0.29, 0.717) is 17.1 Å². The molecule has 1 atom stereocenters. The van der Waals surface area contributed by atoms with Gasteiger partial charge in [0, 0.05) is 11.3 Å². The molecule has 0 aliphatic heterocycles. The highest BCUT2D eigenvalue weighted by Crippen LogP contribution is 2.26. The lowest BCUT2D eigenvalue weighted by Crippen LogP contribution is -2.40. The van der Waals surface area contributed by atoms with Crippen molar-refractivity contribution in [3.05, 3.63) is 56.4 Å². The number of carbonyl (C=O) groups excluding carboxylic acids is 1. The number of pyridine rings is 1. The highest BCUT2D eigenvalue weighted by Gasteiger charge is 2.29. The van der Waals surface area contributed by atoms with E-state index in [-0.39, 0.29) is 17.7 Å². The van der Waals surface area contributed by atoms with Crippen molar-refractivity contribution in [3.8, 4) is 0 Å². The third-order valence-corrected chi connectivity index (χ3v) is 4.80. The lowest BCUT2D eigenvalue weighted by molar-refractivity contribution is 0.0513. The highest BCUT2D eigenvalue weighted by molar-refractivity contribution is 5.94. The number of aliphatic hydroxyl groups is 1. The Balaban J connectivity index is 1.76. The first kappa shape index (κ1) is 17.5. The Hall–Kier alpha value is -2.34. The molecule has 1 amide bonds. The van der Waals surface area contributed by atoms with Gasteiger partial charge in [-0.1, -0.05) is 0 Å². The van der Waals surface area contributed by atoms with Crippen molar-refractivity contribution in [1.82, 2.24) is 10.3 Å². The largest absolute Gasteiger partial charge is 0.466 e. The number of rotatable bonds is 4. The maximum atomic E-state index is 12.5. The van der Waals surface area contributed by atoms with E-state index in [1.54, 1.807) is 32.9 Å². The number of aromatic amines is 1. The zero-order chi connectivity index (χ0) is 18.2. The van der Waals surface area contributed by atoms with Gasteiger partial charge in [-0.2, -0.15) is 0 Å². The summed E-state index contributed by atoms with van der Waals surface area (Å²) in [6.07, 6.45) is 3.84. The molecule has 0 radical (unpaired) electrons. The second-order valence-corrected chi connectivity index (χ2v) is 7.01. The normalized spacial score (nSPS) is 16.2. The molecule has 6 nitrogen and oxygen atoms in total. The van der Waals surface area contributed by atoms with Crippen LogP contribution in [0.1, 0.15) is 58.5 Å². The number of fused-ring (bicyclic) bond motifs is 1. The van der Waals surface area contributed by atoms with E-state index >= 15 is 0 Å². The molecule has 134 valence electrons. The van der Waals surface area contributed by atoms with Crippen LogP contribution in [0.15, 0.2) is 21.3 Å². The Morgan fingerprint density at radius 1 is 1.32 bits per heavy atom. The first-order chi connectivity index (χ1) is 11.8. The van der Waals surface area contributed by atoms with Gasteiger partial charge >= 0.3 is 0 Å². The molecule has 6 heteroatoms. The minimum absolute atomic E-state index is 0.0117. The molecule has 0 unspecified atom stereocenters. The fourth-order valence-corrected chi connectivity index (χ4v) is 3.45. The van der Waals surface area contributed by atoms with E-state index in [2.05, 4.69) is 10.3 Å². The van der Waals surface area contributed by atoms with E-state index in [0.717, 1.165) is 36.9 Å². The number of carbonyl (C=O) groups is 1. The molecule has 25 heavy (non-hydrogen) atoms. The van der Waals surface area contributed by atoms with Gasteiger partial charge in [-0.05, 0) is 64.2 Å². The summed E-state index contributed by atoms with van der Waals surface area (Å²) in [5.41, 5.74) is 1.03. The maximum absolute atomic E-state index is 12.5. The predicted octanol–water partition coefficient (Wildman–Crippen LogP) is 2.10. The molecule has 1 aliphatic rings. The van der Waals surface area contributed by atoms with Gasteiger partial charge in [-0.25, -0.2) is 0 Å². The quantitative estimate of drug-likeness (QED) is 0.791. The second kappa shape index (κ2) is 6.52. The van der Waals surface area contributed by atoms with Crippen LogP contribution in [0.25, 0.3) is 0 Å². The summed E-state index contributed by atoms with van der Waals surface area (Å²) >= 11 is 0. The van der Waals surface area contributed by atoms with Crippen molar-refractivity contribution in [2.24, 2.45) is 0 Å². The predicted molar refractivity (Wildman–Crippen MR) is 93.8 cm³/mol. The minimum Gasteiger partial charge on any atom is -0.466 e. The standard InChI is InChI=1S/C19H24N2O4/c1-11-8-15(12(2)25-11)19(3,24)10-20-17(22)14-9-13-6-4-5-7-16(13)21-18(14)23/h8-9,24H,4-7,10H2,1-3H3,(H,20,22)(H,21,23)/t19-/m0/s1. The van der Waals surface area contributed by atoms with E-state index in [1.807, 2.05) is 0 Å². The van der Waals surface area contributed by atoms with Gasteiger partial charge in [0.1, 0.15) is 22.7 Å². The molecule has 0 spiro atoms. The molecule has 2 aromatic rings. The lowest BCUT2D eigenvalue weighted by atomic mass is 9.94. The third-order valence-electron chi connectivity index (χ3n) is 4.80. The van der Waals surface area contributed by atoms with Crippen LogP contribution in [0.4, 0.5) is 0 Å². The van der Waals surface area contributed by atoms with Crippen LogP contribution in [-0.2, 0) is 18.4 Å². The average Bonchev–Trinajstić information content (AvgIpc) is 2.91. The SMILES string of the molecule is Cc1cc([C@@](C)(O)CNC(=O)c2cc3c([nH]c2=O)CCCC3)c(C)o1. The van der Waals surface area contributed by atoms with E-state index in [1.165, 1.54) is 0 Å². The number of aryl methyl sites for hydroxylation is 4. The molecule has 0 aromatic carbocycles. The summed E-state index contributed by atoms with van der Waals surface area (Å²) < 4.78 is 5.45. The number of nitrogens with one attached hydrogen (secondary N) is 2.